The molecule has 2 N–H and O–H groups in total. The minimum absolute atomic E-state index is 0.121. The second-order valence-electron chi connectivity index (χ2n) is 8.12. The van der Waals surface area contributed by atoms with E-state index in [0.29, 0.717) is 5.56 Å². The first-order valence-electron chi connectivity index (χ1n) is 10.6. The predicted molar refractivity (Wildman–Crippen MR) is 128 cm³/mol. The summed E-state index contributed by atoms with van der Waals surface area (Å²) in [7, 11) is 0. The SMILES string of the molecule is CC(Nc1c(Cl)cccc1C(F)(F)F)C(c1ccccc1)C(C)Nc1c(Cl)cccc1C(F)(F)F. The van der Waals surface area contributed by atoms with Crippen LogP contribution in [0.5, 0.6) is 0 Å². The molecule has 2 atom stereocenters. The van der Waals surface area contributed by atoms with Gasteiger partial charge in [0.1, 0.15) is 0 Å². The number of rotatable bonds is 7. The molecule has 0 saturated carbocycles. The number of hydrogen-bond donors (Lipinski definition) is 2. The van der Waals surface area contributed by atoms with Gasteiger partial charge in [-0.1, -0.05) is 65.7 Å². The van der Waals surface area contributed by atoms with E-state index in [1.807, 2.05) is 0 Å². The predicted octanol–water partition coefficient (Wildman–Crippen LogP) is 9.12. The van der Waals surface area contributed by atoms with Gasteiger partial charge in [0, 0.05) is 18.0 Å². The highest BCUT2D eigenvalue weighted by Crippen LogP contribution is 2.42. The summed E-state index contributed by atoms with van der Waals surface area (Å²) in [5, 5.41) is 5.48. The van der Waals surface area contributed by atoms with Crippen LogP contribution in [0.3, 0.4) is 0 Å². The van der Waals surface area contributed by atoms with E-state index in [1.165, 1.54) is 24.3 Å². The van der Waals surface area contributed by atoms with E-state index >= 15 is 0 Å². The summed E-state index contributed by atoms with van der Waals surface area (Å²) in [6.45, 7) is 3.30. The Labute approximate surface area is 209 Å². The second-order valence-corrected chi connectivity index (χ2v) is 8.94. The first-order chi connectivity index (χ1) is 16.3. The first-order valence-corrected chi connectivity index (χ1v) is 11.4. The quantitative estimate of drug-likeness (QED) is 0.295. The van der Waals surface area contributed by atoms with E-state index in [1.54, 1.807) is 44.2 Å². The maximum absolute atomic E-state index is 13.6. The van der Waals surface area contributed by atoms with Gasteiger partial charge in [-0.2, -0.15) is 26.3 Å². The molecule has 0 bridgehead atoms. The Balaban J connectivity index is 2.02. The minimum atomic E-state index is -4.65. The van der Waals surface area contributed by atoms with Crippen LogP contribution in [0.4, 0.5) is 37.7 Å². The highest BCUT2D eigenvalue weighted by molar-refractivity contribution is 6.33. The van der Waals surface area contributed by atoms with Crippen molar-refractivity contribution in [2.45, 2.75) is 44.2 Å². The van der Waals surface area contributed by atoms with Crippen LogP contribution in [0, 0.1) is 0 Å². The van der Waals surface area contributed by atoms with Crippen molar-refractivity contribution in [1.82, 2.24) is 0 Å². The molecule has 0 saturated heterocycles. The molecule has 35 heavy (non-hydrogen) atoms. The van der Waals surface area contributed by atoms with Gasteiger partial charge in [0.15, 0.2) is 0 Å². The number of para-hydroxylation sites is 2. The molecule has 0 aliphatic heterocycles. The molecule has 0 aliphatic carbocycles. The van der Waals surface area contributed by atoms with Crippen molar-refractivity contribution < 1.29 is 26.3 Å². The molecule has 0 aromatic heterocycles. The van der Waals surface area contributed by atoms with Gasteiger partial charge in [-0.15, -0.1) is 0 Å². The lowest BCUT2D eigenvalue weighted by Crippen LogP contribution is -2.37. The summed E-state index contributed by atoms with van der Waals surface area (Å²) in [6.07, 6.45) is -9.31. The van der Waals surface area contributed by atoms with Crippen LogP contribution in [0.1, 0.15) is 36.5 Å². The molecule has 0 fully saturated rings. The zero-order chi connectivity index (χ0) is 26.0. The zero-order valence-electron chi connectivity index (χ0n) is 18.6. The van der Waals surface area contributed by atoms with Gasteiger partial charge in [-0.25, -0.2) is 0 Å². The number of anilines is 2. The summed E-state index contributed by atoms with van der Waals surface area (Å²) in [5.74, 6) is -0.578. The highest BCUT2D eigenvalue weighted by atomic mass is 35.5. The van der Waals surface area contributed by atoms with Crippen LogP contribution in [-0.2, 0) is 12.4 Å². The Hall–Kier alpha value is -2.58. The van der Waals surface area contributed by atoms with Gasteiger partial charge in [0.05, 0.1) is 32.5 Å². The normalized spacial score (nSPS) is 14.8. The Kier molecular flexibility index (Phi) is 8.17. The first kappa shape index (κ1) is 27.0. The number of halogens is 8. The Bertz CT molecular complexity index is 1080. The van der Waals surface area contributed by atoms with Gasteiger partial charge in [0.2, 0.25) is 0 Å². The van der Waals surface area contributed by atoms with Crippen molar-refractivity contribution in [3.63, 3.8) is 0 Å². The Morgan fingerprint density at radius 3 is 1.37 bits per heavy atom. The van der Waals surface area contributed by atoms with E-state index in [2.05, 4.69) is 10.6 Å². The molecular formula is C25H22Cl2F6N2. The molecule has 10 heteroatoms. The molecule has 2 unspecified atom stereocenters. The van der Waals surface area contributed by atoms with Crippen LogP contribution in [0.25, 0.3) is 0 Å². The lowest BCUT2D eigenvalue weighted by Gasteiger charge is -2.34. The van der Waals surface area contributed by atoms with Crippen molar-refractivity contribution in [2.75, 3.05) is 10.6 Å². The van der Waals surface area contributed by atoms with Gasteiger partial charge < -0.3 is 10.6 Å². The van der Waals surface area contributed by atoms with Crippen LogP contribution < -0.4 is 10.6 Å². The standard InChI is InChI=1S/C25H22Cl2F6N2/c1-14(34-22-17(24(28,29)30)10-6-12-19(22)26)21(16-8-4-3-5-9-16)15(2)35-23-18(25(31,32)33)11-7-13-20(23)27/h3-15,21,34-35H,1-2H3. The topological polar surface area (TPSA) is 24.1 Å². The van der Waals surface area contributed by atoms with E-state index < -0.39 is 41.5 Å². The monoisotopic (exact) mass is 534 g/mol. The van der Waals surface area contributed by atoms with Crippen molar-refractivity contribution in [3.8, 4) is 0 Å². The number of nitrogens with one attached hydrogen (secondary N) is 2. The smallest absolute Gasteiger partial charge is 0.380 e. The third-order valence-electron chi connectivity index (χ3n) is 5.64. The van der Waals surface area contributed by atoms with Crippen LogP contribution in [0.2, 0.25) is 10.0 Å². The molecular weight excluding hydrogens is 513 g/mol. The van der Waals surface area contributed by atoms with Gasteiger partial charge >= 0.3 is 12.4 Å². The number of hydrogen-bond acceptors (Lipinski definition) is 2. The molecule has 0 spiro atoms. The average Bonchev–Trinajstić information content (AvgIpc) is 2.76. The largest absolute Gasteiger partial charge is 0.418 e. The van der Waals surface area contributed by atoms with Gasteiger partial charge in [-0.05, 0) is 43.7 Å². The van der Waals surface area contributed by atoms with Crippen LogP contribution in [0.15, 0.2) is 66.7 Å². The molecule has 0 aliphatic rings. The number of alkyl halides is 6. The molecule has 3 aromatic carbocycles. The maximum Gasteiger partial charge on any atom is 0.418 e. The number of benzene rings is 3. The molecule has 0 radical (unpaired) electrons. The van der Waals surface area contributed by atoms with E-state index in [4.69, 9.17) is 23.2 Å². The average molecular weight is 535 g/mol. The van der Waals surface area contributed by atoms with Crippen molar-refractivity contribution in [3.05, 3.63) is 93.5 Å². The molecule has 2 nitrogen and oxygen atoms in total. The van der Waals surface area contributed by atoms with Gasteiger partial charge in [-0.3, -0.25) is 0 Å². The fourth-order valence-corrected chi connectivity index (χ4v) is 4.59. The van der Waals surface area contributed by atoms with Gasteiger partial charge in [0.25, 0.3) is 0 Å². The van der Waals surface area contributed by atoms with Crippen molar-refractivity contribution >= 4 is 34.6 Å². The summed E-state index contributed by atoms with van der Waals surface area (Å²) >= 11 is 12.2. The van der Waals surface area contributed by atoms with Crippen LogP contribution >= 0.6 is 23.2 Å². The van der Waals surface area contributed by atoms with Crippen molar-refractivity contribution in [2.24, 2.45) is 0 Å². The van der Waals surface area contributed by atoms with E-state index in [9.17, 15) is 26.3 Å². The van der Waals surface area contributed by atoms with Crippen molar-refractivity contribution in [1.29, 1.82) is 0 Å². The lowest BCUT2D eigenvalue weighted by atomic mass is 9.85. The maximum atomic E-state index is 13.6. The minimum Gasteiger partial charge on any atom is -0.380 e. The molecule has 3 rings (SSSR count). The Morgan fingerprint density at radius 2 is 1.00 bits per heavy atom. The zero-order valence-corrected chi connectivity index (χ0v) is 20.1. The fourth-order valence-electron chi connectivity index (χ4n) is 4.13. The van der Waals surface area contributed by atoms with Crippen LogP contribution in [-0.4, -0.2) is 12.1 Å². The molecule has 0 amide bonds. The summed E-state index contributed by atoms with van der Waals surface area (Å²) in [4.78, 5) is 0. The lowest BCUT2D eigenvalue weighted by molar-refractivity contribution is -0.137. The van der Waals surface area contributed by atoms with E-state index in [-0.39, 0.29) is 21.4 Å². The Morgan fingerprint density at radius 1 is 0.600 bits per heavy atom. The summed E-state index contributed by atoms with van der Waals surface area (Å²) in [5.41, 5.74) is -1.76. The molecule has 0 heterocycles. The third kappa shape index (κ3) is 6.35. The molecule has 188 valence electrons. The second kappa shape index (κ2) is 10.6. The summed E-state index contributed by atoms with van der Waals surface area (Å²) < 4.78 is 81.7. The van der Waals surface area contributed by atoms with E-state index in [0.717, 1.165) is 12.1 Å². The summed E-state index contributed by atoms with van der Waals surface area (Å²) in [6, 6.07) is 14.3. The highest BCUT2D eigenvalue weighted by Gasteiger charge is 2.37. The molecule has 3 aromatic rings. The fraction of sp³-hybridized carbons (Fsp3) is 0.280. The third-order valence-corrected chi connectivity index (χ3v) is 6.27.